The van der Waals surface area contributed by atoms with E-state index in [1.54, 1.807) is 4.52 Å². The van der Waals surface area contributed by atoms with Crippen molar-refractivity contribution in [2.24, 2.45) is 0 Å². The first kappa shape index (κ1) is 11.5. The Morgan fingerprint density at radius 3 is 2.63 bits per heavy atom. The van der Waals surface area contributed by atoms with Gasteiger partial charge in [0.25, 0.3) is 0 Å². The number of rotatable bonds is 2. The van der Waals surface area contributed by atoms with Gasteiger partial charge in [0.2, 0.25) is 0 Å². The van der Waals surface area contributed by atoms with Crippen LogP contribution in [0.5, 0.6) is 0 Å². The highest BCUT2D eigenvalue weighted by Crippen LogP contribution is 2.22. The van der Waals surface area contributed by atoms with Crippen LogP contribution in [0.15, 0.2) is 54.7 Å². The number of hydrogen-bond acceptors (Lipinski definition) is 3. The molecule has 1 aromatic carbocycles. The smallest absolute Gasteiger partial charge is 0.341 e. The van der Waals surface area contributed by atoms with Crippen LogP contribution in [0.3, 0.4) is 0 Å². The summed E-state index contributed by atoms with van der Waals surface area (Å²) in [6.07, 6.45) is 1.54. The second kappa shape index (κ2) is 4.57. The fraction of sp³-hybridized carbons (Fsp3) is 0.0667. The van der Waals surface area contributed by atoms with Crippen molar-refractivity contribution < 1.29 is 9.53 Å². The van der Waals surface area contributed by atoms with Gasteiger partial charge in [0.1, 0.15) is 5.56 Å². The third kappa shape index (κ3) is 1.87. The maximum Gasteiger partial charge on any atom is 0.341 e. The van der Waals surface area contributed by atoms with Gasteiger partial charge in [-0.05, 0) is 12.1 Å². The van der Waals surface area contributed by atoms with Crippen LogP contribution in [0.2, 0.25) is 0 Å². The Morgan fingerprint density at radius 1 is 1.11 bits per heavy atom. The molecule has 4 heteroatoms. The fourth-order valence-electron chi connectivity index (χ4n) is 2.11. The molecule has 19 heavy (non-hydrogen) atoms. The zero-order valence-corrected chi connectivity index (χ0v) is 10.4. The summed E-state index contributed by atoms with van der Waals surface area (Å²) in [4.78, 5) is 11.7. The lowest BCUT2D eigenvalue weighted by molar-refractivity contribution is 0.0603. The van der Waals surface area contributed by atoms with Gasteiger partial charge in [-0.1, -0.05) is 36.4 Å². The molecular formula is C15H12N2O2. The van der Waals surface area contributed by atoms with E-state index < -0.39 is 0 Å². The van der Waals surface area contributed by atoms with Crippen molar-refractivity contribution in [3.05, 3.63) is 60.3 Å². The van der Waals surface area contributed by atoms with Crippen molar-refractivity contribution in [3.63, 3.8) is 0 Å². The largest absolute Gasteiger partial charge is 0.465 e. The molecule has 0 bridgehead atoms. The van der Waals surface area contributed by atoms with E-state index in [9.17, 15) is 4.79 Å². The number of fused-ring (bicyclic) bond motifs is 1. The van der Waals surface area contributed by atoms with Gasteiger partial charge in [0, 0.05) is 5.56 Å². The van der Waals surface area contributed by atoms with Crippen LogP contribution in [0, 0.1) is 0 Å². The van der Waals surface area contributed by atoms with Crippen LogP contribution in [-0.2, 0) is 4.74 Å². The minimum Gasteiger partial charge on any atom is -0.465 e. The highest BCUT2D eigenvalue weighted by Gasteiger charge is 2.14. The molecular weight excluding hydrogens is 240 g/mol. The summed E-state index contributed by atoms with van der Waals surface area (Å²) < 4.78 is 6.51. The zero-order chi connectivity index (χ0) is 13.2. The molecule has 0 radical (unpaired) electrons. The predicted molar refractivity (Wildman–Crippen MR) is 72.0 cm³/mol. The van der Waals surface area contributed by atoms with Crippen molar-refractivity contribution in [1.29, 1.82) is 0 Å². The molecule has 0 atom stereocenters. The van der Waals surface area contributed by atoms with E-state index in [1.165, 1.54) is 13.3 Å². The van der Waals surface area contributed by atoms with Gasteiger partial charge in [0.05, 0.1) is 24.5 Å². The summed E-state index contributed by atoms with van der Waals surface area (Å²) >= 11 is 0. The van der Waals surface area contributed by atoms with Gasteiger partial charge in [-0.2, -0.15) is 5.10 Å². The lowest BCUT2D eigenvalue weighted by atomic mass is 10.1. The van der Waals surface area contributed by atoms with Crippen LogP contribution in [0.25, 0.3) is 16.8 Å². The van der Waals surface area contributed by atoms with E-state index in [0.717, 1.165) is 16.8 Å². The number of aromatic nitrogens is 2. The third-order valence-corrected chi connectivity index (χ3v) is 3.02. The molecule has 0 aliphatic heterocycles. The van der Waals surface area contributed by atoms with Crippen molar-refractivity contribution in [2.75, 3.05) is 7.11 Å². The SMILES string of the molecule is COC(=O)c1cnn2c(-c3ccccc3)cccc12. The Hall–Kier alpha value is -2.62. The summed E-state index contributed by atoms with van der Waals surface area (Å²) in [5, 5.41) is 4.28. The number of carbonyl (C=O) groups is 1. The number of carbonyl (C=O) groups excluding carboxylic acids is 1. The molecule has 2 aromatic heterocycles. The first-order valence-corrected chi connectivity index (χ1v) is 5.92. The Bertz CT molecular complexity index is 732. The molecule has 0 fully saturated rings. The van der Waals surface area contributed by atoms with E-state index in [0.29, 0.717) is 5.56 Å². The van der Waals surface area contributed by atoms with E-state index in [4.69, 9.17) is 4.74 Å². The van der Waals surface area contributed by atoms with Crippen molar-refractivity contribution >= 4 is 11.5 Å². The van der Waals surface area contributed by atoms with E-state index in [2.05, 4.69) is 5.10 Å². The van der Waals surface area contributed by atoms with Crippen LogP contribution >= 0.6 is 0 Å². The molecule has 0 aliphatic rings. The van der Waals surface area contributed by atoms with Gasteiger partial charge in [0.15, 0.2) is 0 Å². The molecule has 0 saturated carbocycles. The molecule has 0 N–H and O–H groups in total. The van der Waals surface area contributed by atoms with E-state index in [1.807, 2.05) is 48.5 Å². The van der Waals surface area contributed by atoms with Crippen LogP contribution in [-0.4, -0.2) is 22.7 Å². The van der Waals surface area contributed by atoms with Crippen LogP contribution < -0.4 is 0 Å². The molecule has 0 amide bonds. The summed E-state index contributed by atoms with van der Waals surface area (Å²) in [5.74, 6) is -0.375. The lowest BCUT2D eigenvalue weighted by Crippen LogP contribution is -2.00. The lowest BCUT2D eigenvalue weighted by Gasteiger charge is -2.05. The number of ether oxygens (including phenoxy) is 1. The number of nitrogens with zero attached hydrogens (tertiary/aromatic N) is 2. The van der Waals surface area contributed by atoms with Crippen molar-refractivity contribution in [2.45, 2.75) is 0 Å². The zero-order valence-electron chi connectivity index (χ0n) is 10.4. The van der Waals surface area contributed by atoms with Crippen molar-refractivity contribution in [3.8, 4) is 11.3 Å². The summed E-state index contributed by atoms with van der Waals surface area (Å²) in [6, 6.07) is 15.7. The normalized spacial score (nSPS) is 10.6. The molecule has 2 heterocycles. The number of esters is 1. The number of hydrogen-bond donors (Lipinski definition) is 0. The summed E-state index contributed by atoms with van der Waals surface area (Å²) in [5.41, 5.74) is 3.20. The quantitative estimate of drug-likeness (QED) is 0.659. The minimum absolute atomic E-state index is 0.375. The molecule has 0 unspecified atom stereocenters. The van der Waals surface area contributed by atoms with Gasteiger partial charge < -0.3 is 4.74 Å². The number of methoxy groups -OCH3 is 1. The van der Waals surface area contributed by atoms with Gasteiger partial charge >= 0.3 is 5.97 Å². The Labute approximate surface area is 110 Å². The maximum atomic E-state index is 11.7. The maximum absolute atomic E-state index is 11.7. The van der Waals surface area contributed by atoms with Crippen LogP contribution in [0.4, 0.5) is 0 Å². The fourth-order valence-corrected chi connectivity index (χ4v) is 2.11. The summed E-state index contributed by atoms with van der Waals surface area (Å²) in [6.45, 7) is 0. The van der Waals surface area contributed by atoms with Crippen molar-refractivity contribution in [1.82, 2.24) is 9.61 Å². The molecule has 94 valence electrons. The Kier molecular flexibility index (Phi) is 2.76. The molecule has 3 aromatic rings. The molecule has 0 aliphatic carbocycles. The standard InChI is InChI=1S/C15H12N2O2/c1-19-15(18)12-10-16-17-13(8-5-9-14(12)17)11-6-3-2-4-7-11/h2-10H,1H3. The van der Waals surface area contributed by atoms with E-state index >= 15 is 0 Å². The first-order chi connectivity index (χ1) is 9.31. The monoisotopic (exact) mass is 252 g/mol. The number of pyridine rings is 1. The first-order valence-electron chi connectivity index (χ1n) is 5.92. The molecule has 0 spiro atoms. The van der Waals surface area contributed by atoms with Gasteiger partial charge in [-0.25, -0.2) is 9.31 Å². The molecule has 4 nitrogen and oxygen atoms in total. The van der Waals surface area contributed by atoms with E-state index in [-0.39, 0.29) is 5.97 Å². The molecule has 0 saturated heterocycles. The average Bonchev–Trinajstić information content (AvgIpc) is 2.91. The van der Waals surface area contributed by atoms with Gasteiger partial charge in [-0.15, -0.1) is 0 Å². The Morgan fingerprint density at radius 2 is 1.89 bits per heavy atom. The van der Waals surface area contributed by atoms with Crippen LogP contribution in [0.1, 0.15) is 10.4 Å². The average molecular weight is 252 g/mol. The topological polar surface area (TPSA) is 43.6 Å². The van der Waals surface area contributed by atoms with Gasteiger partial charge in [-0.3, -0.25) is 0 Å². The highest BCUT2D eigenvalue weighted by molar-refractivity contribution is 5.97. The highest BCUT2D eigenvalue weighted by atomic mass is 16.5. The number of benzene rings is 1. The second-order valence-corrected chi connectivity index (χ2v) is 4.12. The Balaban J connectivity index is 2.23. The summed E-state index contributed by atoms with van der Waals surface area (Å²) in [7, 11) is 1.37. The minimum atomic E-state index is -0.375. The second-order valence-electron chi connectivity index (χ2n) is 4.12. The third-order valence-electron chi connectivity index (χ3n) is 3.02. The predicted octanol–water partition coefficient (Wildman–Crippen LogP) is 2.79. The molecule has 3 rings (SSSR count).